The molecule has 1 N–H and O–H groups in total. The monoisotopic (exact) mass is 277 g/mol. The van der Waals surface area contributed by atoms with Crippen molar-refractivity contribution in [1.82, 2.24) is 14.9 Å². The number of nitrogens with zero attached hydrogens (tertiary/aromatic N) is 4. The highest BCUT2D eigenvalue weighted by Crippen LogP contribution is 2.39. The van der Waals surface area contributed by atoms with E-state index in [4.69, 9.17) is 4.98 Å². The molecule has 1 aliphatic carbocycles. The maximum Gasteiger partial charge on any atom is 0.136 e. The van der Waals surface area contributed by atoms with E-state index in [9.17, 15) is 0 Å². The van der Waals surface area contributed by atoms with Crippen LogP contribution in [0.3, 0.4) is 0 Å². The van der Waals surface area contributed by atoms with Crippen LogP contribution in [0.1, 0.15) is 37.9 Å². The Labute approximate surface area is 122 Å². The van der Waals surface area contributed by atoms with E-state index in [2.05, 4.69) is 54.2 Å². The Morgan fingerprint density at radius 3 is 2.55 bits per heavy atom. The standard InChI is InChI=1S/C15H27N5/c1-5-8-16-13-11-14(20(4)10-9-19(2)3)18-15(17-13)12-6-7-12/h11-12H,5-10H2,1-4H3,(H,16,17,18). The van der Waals surface area contributed by atoms with Gasteiger partial charge in [-0.25, -0.2) is 9.97 Å². The highest BCUT2D eigenvalue weighted by atomic mass is 15.2. The smallest absolute Gasteiger partial charge is 0.136 e. The van der Waals surface area contributed by atoms with E-state index in [0.29, 0.717) is 5.92 Å². The molecule has 1 aromatic heterocycles. The molecular weight excluding hydrogens is 250 g/mol. The molecule has 0 aliphatic heterocycles. The minimum absolute atomic E-state index is 0.583. The number of aromatic nitrogens is 2. The van der Waals surface area contributed by atoms with Gasteiger partial charge in [-0.3, -0.25) is 0 Å². The quantitative estimate of drug-likeness (QED) is 0.789. The van der Waals surface area contributed by atoms with Crippen LogP contribution in [-0.2, 0) is 0 Å². The number of hydrogen-bond donors (Lipinski definition) is 1. The summed E-state index contributed by atoms with van der Waals surface area (Å²) in [6, 6.07) is 2.07. The van der Waals surface area contributed by atoms with E-state index in [1.807, 2.05) is 0 Å². The van der Waals surface area contributed by atoms with E-state index < -0.39 is 0 Å². The van der Waals surface area contributed by atoms with Crippen LogP contribution in [0, 0.1) is 0 Å². The Balaban J connectivity index is 2.10. The van der Waals surface area contributed by atoms with Gasteiger partial charge in [-0.1, -0.05) is 6.92 Å². The van der Waals surface area contributed by atoms with Gasteiger partial charge in [0.15, 0.2) is 0 Å². The summed E-state index contributed by atoms with van der Waals surface area (Å²) in [5.74, 6) is 3.59. The lowest BCUT2D eigenvalue weighted by atomic mass is 10.3. The van der Waals surface area contributed by atoms with Gasteiger partial charge in [-0.15, -0.1) is 0 Å². The fourth-order valence-corrected chi connectivity index (χ4v) is 1.98. The fraction of sp³-hybridized carbons (Fsp3) is 0.733. The third-order valence-corrected chi connectivity index (χ3v) is 3.50. The van der Waals surface area contributed by atoms with Crippen molar-refractivity contribution in [2.45, 2.75) is 32.1 Å². The van der Waals surface area contributed by atoms with Crippen LogP contribution >= 0.6 is 0 Å². The molecule has 0 atom stereocenters. The van der Waals surface area contributed by atoms with Gasteiger partial charge in [0.05, 0.1) is 0 Å². The lowest BCUT2D eigenvalue weighted by Gasteiger charge is -2.21. The Morgan fingerprint density at radius 1 is 1.20 bits per heavy atom. The van der Waals surface area contributed by atoms with Gasteiger partial charge in [0.25, 0.3) is 0 Å². The van der Waals surface area contributed by atoms with Crippen molar-refractivity contribution in [2.24, 2.45) is 0 Å². The average Bonchev–Trinajstić information content (AvgIpc) is 3.26. The maximum atomic E-state index is 4.74. The molecule has 5 nitrogen and oxygen atoms in total. The second-order valence-electron chi connectivity index (χ2n) is 5.90. The Hall–Kier alpha value is -1.36. The van der Waals surface area contributed by atoms with Crippen molar-refractivity contribution in [3.63, 3.8) is 0 Å². The minimum Gasteiger partial charge on any atom is -0.370 e. The third kappa shape index (κ3) is 4.34. The van der Waals surface area contributed by atoms with Crippen LogP contribution in [0.2, 0.25) is 0 Å². The minimum atomic E-state index is 0.583. The summed E-state index contributed by atoms with van der Waals surface area (Å²) < 4.78 is 0. The summed E-state index contributed by atoms with van der Waals surface area (Å²) in [7, 11) is 6.29. The van der Waals surface area contributed by atoms with Crippen molar-refractivity contribution >= 4 is 11.6 Å². The summed E-state index contributed by atoms with van der Waals surface area (Å²) in [4.78, 5) is 13.8. The topological polar surface area (TPSA) is 44.3 Å². The van der Waals surface area contributed by atoms with Crippen molar-refractivity contribution in [2.75, 3.05) is 51.0 Å². The van der Waals surface area contributed by atoms with E-state index in [1.165, 1.54) is 12.8 Å². The van der Waals surface area contributed by atoms with E-state index >= 15 is 0 Å². The highest BCUT2D eigenvalue weighted by molar-refractivity contribution is 5.49. The van der Waals surface area contributed by atoms with Crippen LogP contribution in [0.5, 0.6) is 0 Å². The van der Waals surface area contributed by atoms with Gasteiger partial charge < -0.3 is 15.1 Å². The summed E-state index contributed by atoms with van der Waals surface area (Å²) in [5.41, 5.74) is 0. The maximum absolute atomic E-state index is 4.74. The van der Waals surface area contributed by atoms with Gasteiger partial charge in [0, 0.05) is 38.7 Å². The molecule has 1 fully saturated rings. The third-order valence-electron chi connectivity index (χ3n) is 3.50. The molecule has 0 aromatic carbocycles. The zero-order valence-electron chi connectivity index (χ0n) is 13.2. The molecule has 1 heterocycles. The normalized spacial score (nSPS) is 14.7. The summed E-state index contributed by atoms with van der Waals surface area (Å²) in [6.07, 6.45) is 3.57. The molecule has 20 heavy (non-hydrogen) atoms. The molecule has 0 radical (unpaired) electrons. The van der Waals surface area contributed by atoms with Crippen LogP contribution in [0.15, 0.2) is 6.07 Å². The first kappa shape index (κ1) is 15.0. The van der Waals surface area contributed by atoms with Gasteiger partial charge in [-0.05, 0) is 33.4 Å². The van der Waals surface area contributed by atoms with Gasteiger partial charge in [0.2, 0.25) is 0 Å². The molecule has 1 aromatic rings. The second-order valence-corrected chi connectivity index (χ2v) is 5.90. The van der Waals surface area contributed by atoms with Crippen molar-refractivity contribution in [1.29, 1.82) is 0 Å². The lowest BCUT2D eigenvalue weighted by Crippen LogP contribution is -2.29. The lowest BCUT2D eigenvalue weighted by molar-refractivity contribution is 0.416. The molecule has 1 aliphatic rings. The average molecular weight is 277 g/mol. The highest BCUT2D eigenvalue weighted by Gasteiger charge is 2.27. The summed E-state index contributed by atoms with van der Waals surface area (Å²) >= 11 is 0. The molecule has 0 amide bonds. The second kappa shape index (κ2) is 6.88. The Morgan fingerprint density at radius 2 is 1.95 bits per heavy atom. The van der Waals surface area contributed by atoms with Crippen LogP contribution < -0.4 is 10.2 Å². The first-order valence-electron chi connectivity index (χ1n) is 7.59. The van der Waals surface area contributed by atoms with E-state index in [0.717, 1.165) is 43.5 Å². The number of anilines is 2. The largest absolute Gasteiger partial charge is 0.370 e. The van der Waals surface area contributed by atoms with Gasteiger partial charge in [-0.2, -0.15) is 0 Å². The van der Waals surface area contributed by atoms with Crippen LogP contribution in [0.25, 0.3) is 0 Å². The molecule has 0 unspecified atom stereocenters. The van der Waals surface area contributed by atoms with Crippen molar-refractivity contribution in [3.05, 3.63) is 11.9 Å². The molecular formula is C15H27N5. The molecule has 112 valence electrons. The first-order valence-corrected chi connectivity index (χ1v) is 7.59. The Bertz CT molecular complexity index is 428. The predicted molar refractivity (Wildman–Crippen MR) is 84.6 cm³/mol. The predicted octanol–water partition coefficient (Wildman–Crippen LogP) is 2.17. The first-order chi connectivity index (χ1) is 9.60. The number of nitrogens with one attached hydrogen (secondary N) is 1. The van der Waals surface area contributed by atoms with Gasteiger partial charge in [0.1, 0.15) is 17.5 Å². The molecule has 2 rings (SSSR count). The Kier molecular flexibility index (Phi) is 5.17. The zero-order valence-corrected chi connectivity index (χ0v) is 13.2. The molecule has 0 saturated heterocycles. The zero-order chi connectivity index (χ0) is 14.5. The SMILES string of the molecule is CCCNc1cc(N(C)CCN(C)C)nc(C2CC2)n1. The fourth-order valence-electron chi connectivity index (χ4n) is 1.98. The summed E-state index contributed by atoms with van der Waals surface area (Å²) in [6.45, 7) is 5.13. The van der Waals surface area contributed by atoms with Crippen molar-refractivity contribution in [3.8, 4) is 0 Å². The number of hydrogen-bond acceptors (Lipinski definition) is 5. The van der Waals surface area contributed by atoms with E-state index in [1.54, 1.807) is 0 Å². The molecule has 1 saturated carbocycles. The van der Waals surface area contributed by atoms with Gasteiger partial charge >= 0.3 is 0 Å². The molecule has 0 spiro atoms. The number of likely N-dealkylation sites (N-methyl/N-ethyl adjacent to an activating group) is 2. The van der Waals surface area contributed by atoms with Crippen LogP contribution in [-0.4, -0.2) is 55.6 Å². The summed E-state index contributed by atoms with van der Waals surface area (Å²) in [5, 5.41) is 3.39. The number of rotatable bonds is 8. The molecule has 0 bridgehead atoms. The van der Waals surface area contributed by atoms with Crippen LogP contribution in [0.4, 0.5) is 11.6 Å². The van der Waals surface area contributed by atoms with Crippen molar-refractivity contribution < 1.29 is 0 Å². The van der Waals surface area contributed by atoms with E-state index in [-0.39, 0.29) is 0 Å². The molecule has 5 heteroatoms.